The molecule has 0 bridgehead atoms. The minimum atomic E-state index is 0.863. The summed E-state index contributed by atoms with van der Waals surface area (Å²) < 4.78 is 13.3. The lowest BCUT2D eigenvalue weighted by Gasteiger charge is -2.20. The second-order valence-corrected chi connectivity index (χ2v) is 13.1. The fourth-order valence-electron chi connectivity index (χ4n) is 8.39. The molecule has 0 amide bonds. The van der Waals surface area contributed by atoms with Crippen molar-refractivity contribution < 1.29 is 8.83 Å². The fourth-order valence-corrected chi connectivity index (χ4v) is 8.39. The fraction of sp³-hybridized carbons (Fsp3) is 0. The van der Waals surface area contributed by atoms with Gasteiger partial charge in [-0.1, -0.05) is 152 Å². The summed E-state index contributed by atoms with van der Waals surface area (Å²) in [7, 11) is 0. The Hall–Kier alpha value is -6.64. The smallest absolute Gasteiger partial charge is 0.144 e. The van der Waals surface area contributed by atoms with Crippen molar-refractivity contribution in [2.75, 3.05) is 0 Å². The van der Waals surface area contributed by atoms with Crippen molar-refractivity contribution >= 4 is 76.2 Å². The number of fused-ring (bicyclic) bond motifs is 9. The Labute approximate surface area is 287 Å². The third kappa shape index (κ3) is 3.79. The maximum Gasteiger partial charge on any atom is 0.144 e. The van der Waals surface area contributed by atoms with Gasteiger partial charge < -0.3 is 8.83 Å². The predicted molar refractivity (Wildman–Crippen MR) is 210 cm³/mol. The molecule has 0 saturated carbocycles. The molecule has 9 aromatic carbocycles. The molecule has 0 aliphatic carbocycles. The van der Waals surface area contributed by atoms with E-state index in [1.54, 1.807) is 0 Å². The Balaban J connectivity index is 1.28. The normalized spacial score (nSPS) is 12.0. The van der Waals surface area contributed by atoms with Crippen molar-refractivity contribution in [2.45, 2.75) is 0 Å². The minimum absolute atomic E-state index is 0.863. The van der Waals surface area contributed by atoms with Gasteiger partial charge in [0.1, 0.15) is 22.3 Å². The van der Waals surface area contributed by atoms with E-state index in [-0.39, 0.29) is 0 Å². The van der Waals surface area contributed by atoms with Gasteiger partial charge in [0.15, 0.2) is 0 Å². The molecule has 2 heteroatoms. The summed E-state index contributed by atoms with van der Waals surface area (Å²) >= 11 is 0. The molecule has 0 N–H and O–H groups in total. The van der Waals surface area contributed by atoms with E-state index < -0.39 is 0 Å². The largest absolute Gasteiger partial charge is 0.456 e. The number of furan rings is 2. The first-order chi connectivity index (χ1) is 24.8. The Morgan fingerprint density at radius 3 is 1.36 bits per heavy atom. The highest BCUT2D eigenvalue weighted by Crippen LogP contribution is 2.50. The summed E-state index contributed by atoms with van der Waals surface area (Å²) in [6.45, 7) is 0. The van der Waals surface area contributed by atoms with E-state index in [2.05, 4.69) is 158 Å². The van der Waals surface area contributed by atoms with Gasteiger partial charge in [-0.15, -0.1) is 0 Å². The van der Waals surface area contributed by atoms with Crippen LogP contribution in [0.3, 0.4) is 0 Å². The van der Waals surface area contributed by atoms with E-state index in [0.717, 1.165) is 55.0 Å². The van der Waals surface area contributed by atoms with Crippen molar-refractivity contribution in [1.29, 1.82) is 0 Å². The van der Waals surface area contributed by atoms with E-state index in [0.29, 0.717) is 0 Å². The summed E-state index contributed by atoms with van der Waals surface area (Å²) in [5, 5.41) is 11.7. The second-order valence-electron chi connectivity index (χ2n) is 13.1. The highest BCUT2D eigenvalue weighted by atomic mass is 16.3. The number of hydrogen-bond donors (Lipinski definition) is 0. The van der Waals surface area contributed by atoms with Gasteiger partial charge in [0.2, 0.25) is 0 Å². The number of para-hydroxylation sites is 2. The first kappa shape index (κ1) is 27.3. The van der Waals surface area contributed by atoms with Crippen LogP contribution >= 0.6 is 0 Å². The average Bonchev–Trinajstić information content (AvgIpc) is 3.74. The van der Waals surface area contributed by atoms with Crippen LogP contribution in [0.1, 0.15) is 0 Å². The monoisotopic (exact) mass is 636 g/mol. The molecule has 0 aliphatic heterocycles. The van der Waals surface area contributed by atoms with Crippen molar-refractivity contribution in [3.05, 3.63) is 170 Å². The van der Waals surface area contributed by atoms with Gasteiger partial charge in [-0.2, -0.15) is 0 Å². The van der Waals surface area contributed by atoms with Crippen molar-refractivity contribution in [3.8, 4) is 33.4 Å². The van der Waals surface area contributed by atoms with E-state index in [9.17, 15) is 0 Å². The molecule has 50 heavy (non-hydrogen) atoms. The van der Waals surface area contributed by atoms with Gasteiger partial charge in [-0.3, -0.25) is 0 Å². The summed E-state index contributed by atoms with van der Waals surface area (Å²) in [4.78, 5) is 0. The van der Waals surface area contributed by atoms with Crippen LogP contribution in [-0.2, 0) is 0 Å². The maximum absolute atomic E-state index is 6.76. The summed E-state index contributed by atoms with van der Waals surface area (Å²) in [6.07, 6.45) is 0. The van der Waals surface area contributed by atoms with Crippen LogP contribution < -0.4 is 0 Å². The van der Waals surface area contributed by atoms with Gasteiger partial charge in [0.05, 0.1) is 0 Å². The van der Waals surface area contributed by atoms with Gasteiger partial charge in [-0.25, -0.2) is 0 Å². The summed E-state index contributed by atoms with van der Waals surface area (Å²) in [5.74, 6) is 0. The van der Waals surface area contributed by atoms with Gasteiger partial charge >= 0.3 is 0 Å². The van der Waals surface area contributed by atoms with Crippen molar-refractivity contribution in [3.63, 3.8) is 0 Å². The molecule has 2 heterocycles. The first-order valence-electron chi connectivity index (χ1n) is 17.1. The molecule has 232 valence electrons. The summed E-state index contributed by atoms with van der Waals surface area (Å²) in [6, 6.07) is 60.7. The zero-order chi connectivity index (χ0) is 32.8. The van der Waals surface area contributed by atoms with Crippen molar-refractivity contribution in [2.24, 2.45) is 0 Å². The highest BCUT2D eigenvalue weighted by molar-refractivity contribution is 6.28. The molecule has 11 rings (SSSR count). The average molecular weight is 637 g/mol. The third-order valence-electron chi connectivity index (χ3n) is 10.5. The Morgan fingerprint density at radius 1 is 0.280 bits per heavy atom. The lowest BCUT2D eigenvalue weighted by Crippen LogP contribution is -1.92. The molecule has 11 aromatic rings. The van der Waals surface area contributed by atoms with E-state index in [4.69, 9.17) is 8.83 Å². The Morgan fingerprint density at radius 2 is 0.740 bits per heavy atom. The molecule has 0 radical (unpaired) electrons. The Bertz CT molecular complexity index is 3080. The molecular weight excluding hydrogens is 609 g/mol. The molecule has 0 fully saturated rings. The quantitative estimate of drug-likeness (QED) is 0.180. The second kappa shape index (κ2) is 10.4. The number of benzene rings is 9. The van der Waals surface area contributed by atoms with E-state index >= 15 is 0 Å². The van der Waals surface area contributed by atoms with Crippen LogP contribution in [0.5, 0.6) is 0 Å². The minimum Gasteiger partial charge on any atom is -0.456 e. The third-order valence-corrected chi connectivity index (χ3v) is 10.5. The van der Waals surface area contributed by atoms with E-state index in [1.165, 1.54) is 54.6 Å². The Kier molecular flexibility index (Phi) is 5.70. The van der Waals surface area contributed by atoms with Crippen LogP contribution in [0.25, 0.3) is 110 Å². The summed E-state index contributed by atoms with van der Waals surface area (Å²) in [5.41, 5.74) is 10.6. The van der Waals surface area contributed by atoms with Crippen LogP contribution in [-0.4, -0.2) is 0 Å². The molecular formula is C48H28O2. The van der Waals surface area contributed by atoms with Crippen LogP contribution in [0.15, 0.2) is 179 Å². The molecule has 0 spiro atoms. The van der Waals surface area contributed by atoms with Gasteiger partial charge in [0.25, 0.3) is 0 Å². The van der Waals surface area contributed by atoms with Crippen molar-refractivity contribution in [1.82, 2.24) is 0 Å². The maximum atomic E-state index is 6.76. The topological polar surface area (TPSA) is 26.3 Å². The van der Waals surface area contributed by atoms with Crippen LogP contribution in [0, 0.1) is 0 Å². The molecule has 2 nitrogen and oxygen atoms in total. The van der Waals surface area contributed by atoms with Crippen LogP contribution in [0.2, 0.25) is 0 Å². The standard InChI is InChI=1S/C48H28O2/c1-2-14-29(15-3-1)44-33-19-6-8-21-35(33)45(36-22-9-7-20-34(36)44)37-26-27-38(31-17-5-4-16-30(31)37)47-46-39-23-11-13-25-42(39)49-43(46)28-40-32-18-10-12-24-41(32)50-48(40)47/h1-28H. The lowest BCUT2D eigenvalue weighted by atomic mass is 9.83. The highest BCUT2D eigenvalue weighted by Gasteiger charge is 2.24. The number of hydrogen-bond acceptors (Lipinski definition) is 2. The zero-order valence-corrected chi connectivity index (χ0v) is 27.0. The van der Waals surface area contributed by atoms with E-state index in [1.807, 2.05) is 12.1 Å². The zero-order valence-electron chi connectivity index (χ0n) is 27.0. The predicted octanol–water partition coefficient (Wildman–Crippen LogP) is 13.9. The molecule has 2 aromatic heterocycles. The molecule has 0 saturated heterocycles. The molecule has 0 unspecified atom stereocenters. The lowest BCUT2D eigenvalue weighted by molar-refractivity contribution is 0.664. The van der Waals surface area contributed by atoms with Gasteiger partial charge in [0, 0.05) is 27.1 Å². The molecule has 0 atom stereocenters. The SMILES string of the molecule is c1ccc(-c2c3ccccc3c(-c3ccc(-c4c5oc6ccccc6c5cc5oc6ccccc6c45)c4ccccc34)c3ccccc23)cc1. The van der Waals surface area contributed by atoms with Gasteiger partial charge in [-0.05, 0) is 78.3 Å². The first-order valence-corrected chi connectivity index (χ1v) is 17.1. The van der Waals surface area contributed by atoms with Crippen LogP contribution in [0.4, 0.5) is 0 Å². The molecule has 0 aliphatic rings. The number of rotatable bonds is 3.